The summed E-state index contributed by atoms with van der Waals surface area (Å²) >= 11 is 1.39. The highest BCUT2D eigenvalue weighted by molar-refractivity contribution is 7.12. The lowest BCUT2D eigenvalue weighted by atomic mass is 10.0. The van der Waals surface area contributed by atoms with E-state index in [1.165, 1.54) is 29.7 Å². The fourth-order valence-corrected chi connectivity index (χ4v) is 4.18. The molecule has 0 aliphatic heterocycles. The minimum atomic E-state index is -0.0888. The largest absolute Gasteiger partial charge is 0.496 e. The Hall–Kier alpha value is -3.19. The third-order valence-corrected chi connectivity index (χ3v) is 6.54. The molecular formula is C27H34N2O4S. The molecule has 3 N–H and O–H groups in total. The fraction of sp³-hybridized carbons (Fsp3) is 0.370. The number of nitrogen functional groups attached to an aromatic ring is 1. The smallest absolute Gasteiger partial charge is 0.261 e. The quantitative estimate of drug-likeness (QED) is 0.386. The van der Waals surface area contributed by atoms with Gasteiger partial charge in [0.05, 0.1) is 25.7 Å². The number of hydrogen-bond donors (Lipinski definition) is 2. The van der Waals surface area contributed by atoms with Gasteiger partial charge in [0.2, 0.25) is 0 Å². The Kier molecular flexibility index (Phi) is 8.82. The first-order valence-electron chi connectivity index (χ1n) is 11.4. The van der Waals surface area contributed by atoms with Crippen molar-refractivity contribution in [1.82, 2.24) is 5.32 Å². The summed E-state index contributed by atoms with van der Waals surface area (Å²) in [6.45, 7) is 5.21. The molecule has 1 aliphatic carbocycles. The van der Waals surface area contributed by atoms with E-state index >= 15 is 0 Å². The monoisotopic (exact) mass is 482 g/mol. The summed E-state index contributed by atoms with van der Waals surface area (Å²) in [6, 6.07) is 13.5. The van der Waals surface area contributed by atoms with Gasteiger partial charge in [-0.2, -0.15) is 0 Å². The SMILES string of the molecule is CNC(=O)c1cc(-c2cc(N)ccc2OC)cs1.COc1ccc(C(C)C)cc1OCC1CC1. The molecule has 0 radical (unpaired) electrons. The first-order valence-corrected chi connectivity index (χ1v) is 12.3. The highest BCUT2D eigenvalue weighted by Crippen LogP contribution is 2.35. The van der Waals surface area contributed by atoms with Crippen LogP contribution in [0.15, 0.2) is 47.8 Å². The van der Waals surface area contributed by atoms with E-state index < -0.39 is 0 Å². The number of hydrogen-bond acceptors (Lipinski definition) is 6. The number of nitrogens with one attached hydrogen (secondary N) is 1. The van der Waals surface area contributed by atoms with Crippen LogP contribution in [0.5, 0.6) is 17.2 Å². The first-order chi connectivity index (χ1) is 16.4. The van der Waals surface area contributed by atoms with Gasteiger partial charge in [-0.15, -0.1) is 11.3 Å². The molecule has 6 nitrogen and oxygen atoms in total. The molecule has 0 bridgehead atoms. The zero-order valence-corrected chi connectivity index (χ0v) is 21.3. The van der Waals surface area contributed by atoms with Crippen LogP contribution in [-0.2, 0) is 0 Å². The van der Waals surface area contributed by atoms with Crippen LogP contribution in [0, 0.1) is 5.92 Å². The van der Waals surface area contributed by atoms with E-state index in [1.54, 1.807) is 27.3 Å². The van der Waals surface area contributed by atoms with Gasteiger partial charge in [0, 0.05) is 18.3 Å². The lowest BCUT2D eigenvalue weighted by Crippen LogP contribution is -2.15. The lowest BCUT2D eigenvalue weighted by molar-refractivity contribution is 0.0967. The van der Waals surface area contributed by atoms with Crippen molar-refractivity contribution >= 4 is 22.9 Å². The third kappa shape index (κ3) is 6.67. The van der Waals surface area contributed by atoms with E-state index in [-0.39, 0.29) is 5.91 Å². The second-order valence-corrected chi connectivity index (χ2v) is 9.47. The van der Waals surface area contributed by atoms with Crippen molar-refractivity contribution in [3.63, 3.8) is 0 Å². The molecule has 0 spiro atoms. The van der Waals surface area contributed by atoms with Gasteiger partial charge in [-0.3, -0.25) is 4.79 Å². The maximum atomic E-state index is 11.5. The second-order valence-electron chi connectivity index (χ2n) is 8.56. The Balaban J connectivity index is 0.000000192. The van der Waals surface area contributed by atoms with E-state index in [9.17, 15) is 4.79 Å². The minimum Gasteiger partial charge on any atom is -0.496 e. The molecule has 7 heteroatoms. The standard InChI is InChI=1S/C14H20O2.C13H14N2O2S/c1-10(2)12-6-7-13(15-3)14(8-12)16-9-11-4-5-11;1-15-13(16)12-5-8(7-18-12)10-6-9(14)3-4-11(10)17-2/h6-8,10-11H,4-5,9H2,1-3H3;3-7H,14H2,1-2H3,(H,15,16). The predicted octanol–water partition coefficient (Wildman–Crippen LogP) is 5.97. The molecule has 1 heterocycles. The number of thiophene rings is 1. The Morgan fingerprint density at radius 2 is 1.76 bits per heavy atom. The van der Waals surface area contributed by atoms with Crippen LogP contribution in [0.4, 0.5) is 5.69 Å². The van der Waals surface area contributed by atoms with Gasteiger partial charge in [-0.1, -0.05) is 19.9 Å². The van der Waals surface area contributed by atoms with Crippen LogP contribution in [0.25, 0.3) is 11.1 Å². The highest BCUT2D eigenvalue weighted by atomic mass is 32.1. The molecule has 34 heavy (non-hydrogen) atoms. The zero-order chi connectivity index (χ0) is 24.7. The molecule has 182 valence electrons. The first kappa shape index (κ1) is 25.4. The molecule has 4 rings (SSSR count). The van der Waals surface area contributed by atoms with Gasteiger partial charge < -0.3 is 25.3 Å². The maximum absolute atomic E-state index is 11.5. The molecule has 0 saturated heterocycles. The van der Waals surface area contributed by atoms with Crippen molar-refractivity contribution in [2.45, 2.75) is 32.6 Å². The van der Waals surface area contributed by atoms with Crippen LogP contribution in [0.3, 0.4) is 0 Å². The molecule has 0 unspecified atom stereocenters. The Bertz CT molecular complexity index is 1110. The van der Waals surface area contributed by atoms with Crippen LogP contribution in [0.2, 0.25) is 0 Å². The summed E-state index contributed by atoms with van der Waals surface area (Å²) in [5.41, 5.74) is 9.57. The van der Waals surface area contributed by atoms with Gasteiger partial charge in [0.25, 0.3) is 5.91 Å². The van der Waals surface area contributed by atoms with E-state index in [0.29, 0.717) is 16.5 Å². The zero-order valence-electron chi connectivity index (χ0n) is 20.5. The fourth-order valence-electron chi connectivity index (χ4n) is 3.33. The molecule has 1 aromatic heterocycles. The number of rotatable bonds is 8. The normalized spacial score (nSPS) is 12.5. The van der Waals surface area contributed by atoms with Gasteiger partial charge in [-0.05, 0) is 77.6 Å². The summed E-state index contributed by atoms with van der Waals surface area (Å²) < 4.78 is 16.4. The summed E-state index contributed by atoms with van der Waals surface area (Å²) in [5.74, 6) is 3.67. The molecule has 3 aromatic rings. The molecule has 2 aromatic carbocycles. The molecule has 1 amide bonds. The average molecular weight is 483 g/mol. The topological polar surface area (TPSA) is 82.8 Å². The summed E-state index contributed by atoms with van der Waals surface area (Å²) in [6.07, 6.45) is 2.62. The van der Waals surface area contributed by atoms with E-state index in [4.69, 9.17) is 19.9 Å². The number of nitrogens with two attached hydrogens (primary N) is 1. The van der Waals surface area contributed by atoms with Crippen LogP contribution in [-0.4, -0.2) is 33.8 Å². The Morgan fingerprint density at radius 3 is 2.38 bits per heavy atom. The lowest BCUT2D eigenvalue weighted by Gasteiger charge is -2.13. The Labute approximate surface area is 206 Å². The predicted molar refractivity (Wildman–Crippen MR) is 139 cm³/mol. The molecule has 0 atom stereocenters. The molecule has 1 fully saturated rings. The van der Waals surface area contributed by atoms with Crippen molar-refractivity contribution in [2.75, 3.05) is 33.6 Å². The number of carbonyl (C=O) groups is 1. The van der Waals surface area contributed by atoms with Crippen LogP contribution < -0.4 is 25.3 Å². The van der Waals surface area contributed by atoms with E-state index in [0.717, 1.165) is 40.9 Å². The van der Waals surface area contributed by atoms with E-state index in [1.807, 2.05) is 29.6 Å². The minimum absolute atomic E-state index is 0.0888. The third-order valence-electron chi connectivity index (χ3n) is 5.61. The second kappa shape index (κ2) is 11.8. The van der Waals surface area contributed by atoms with Crippen molar-refractivity contribution < 1.29 is 19.0 Å². The number of methoxy groups -OCH3 is 2. The number of anilines is 1. The number of amides is 1. The van der Waals surface area contributed by atoms with Crippen molar-refractivity contribution in [1.29, 1.82) is 0 Å². The van der Waals surface area contributed by atoms with E-state index in [2.05, 4.69) is 31.3 Å². The number of carbonyl (C=O) groups excluding carboxylic acids is 1. The van der Waals surface area contributed by atoms with Gasteiger partial charge in [0.15, 0.2) is 11.5 Å². The van der Waals surface area contributed by atoms with Crippen molar-refractivity contribution in [3.8, 4) is 28.4 Å². The average Bonchev–Trinajstić information content (AvgIpc) is 3.55. The van der Waals surface area contributed by atoms with Gasteiger partial charge in [0.1, 0.15) is 5.75 Å². The summed E-state index contributed by atoms with van der Waals surface area (Å²) in [5, 5.41) is 4.52. The van der Waals surface area contributed by atoms with Crippen molar-refractivity contribution in [3.05, 3.63) is 58.3 Å². The number of ether oxygens (including phenoxy) is 3. The Morgan fingerprint density at radius 1 is 1.06 bits per heavy atom. The molecule has 1 saturated carbocycles. The maximum Gasteiger partial charge on any atom is 0.261 e. The highest BCUT2D eigenvalue weighted by Gasteiger charge is 2.22. The van der Waals surface area contributed by atoms with Crippen molar-refractivity contribution in [2.24, 2.45) is 5.92 Å². The number of benzene rings is 2. The summed E-state index contributed by atoms with van der Waals surface area (Å²) in [4.78, 5) is 12.2. The van der Waals surface area contributed by atoms with Gasteiger partial charge in [-0.25, -0.2) is 0 Å². The molecule has 1 aliphatic rings. The van der Waals surface area contributed by atoms with Crippen LogP contribution >= 0.6 is 11.3 Å². The molecular weight excluding hydrogens is 448 g/mol. The van der Waals surface area contributed by atoms with Gasteiger partial charge >= 0.3 is 0 Å². The summed E-state index contributed by atoms with van der Waals surface area (Å²) in [7, 11) is 4.91. The van der Waals surface area contributed by atoms with Crippen LogP contribution in [0.1, 0.15) is 47.8 Å².